The Hall–Kier alpha value is -1.30. The fourth-order valence-electron chi connectivity index (χ4n) is 0.555. The standard InChI is InChI=1S/C6H12N2O4/c1-2-7-6(12)8-4(3-9)5(10)11/h4,9H,2-3H2,1H3,(H,10,11)(H2,7,8,12)/t4-/m1/s1. The van der Waals surface area contributed by atoms with Gasteiger partial charge in [0.05, 0.1) is 6.61 Å². The lowest BCUT2D eigenvalue weighted by molar-refractivity contribution is -0.140. The molecule has 0 aromatic carbocycles. The van der Waals surface area contributed by atoms with E-state index in [0.717, 1.165) is 0 Å². The summed E-state index contributed by atoms with van der Waals surface area (Å²) < 4.78 is 0. The second-order valence-electron chi connectivity index (χ2n) is 2.08. The Labute approximate surface area is 69.6 Å². The first-order valence-electron chi connectivity index (χ1n) is 3.49. The van der Waals surface area contributed by atoms with Gasteiger partial charge in [0, 0.05) is 6.54 Å². The van der Waals surface area contributed by atoms with E-state index >= 15 is 0 Å². The number of rotatable bonds is 4. The number of carbonyl (C=O) groups excluding carboxylic acids is 1. The molecule has 0 saturated carbocycles. The van der Waals surface area contributed by atoms with Gasteiger partial charge >= 0.3 is 12.0 Å². The normalized spacial score (nSPS) is 11.8. The summed E-state index contributed by atoms with van der Waals surface area (Å²) in [6.07, 6.45) is 0. The van der Waals surface area contributed by atoms with Gasteiger partial charge in [0.1, 0.15) is 0 Å². The quantitative estimate of drug-likeness (QED) is 0.430. The van der Waals surface area contributed by atoms with Crippen molar-refractivity contribution in [3.63, 3.8) is 0 Å². The summed E-state index contributed by atoms with van der Waals surface area (Å²) in [5, 5.41) is 21.3. The minimum atomic E-state index is -1.26. The summed E-state index contributed by atoms with van der Waals surface area (Å²) in [4.78, 5) is 21.0. The highest BCUT2D eigenvalue weighted by Crippen LogP contribution is 1.81. The number of hydrogen-bond acceptors (Lipinski definition) is 3. The van der Waals surface area contributed by atoms with Crippen LogP contribution in [0.1, 0.15) is 6.92 Å². The maximum Gasteiger partial charge on any atom is 0.328 e. The number of carboxylic acid groups (broad SMARTS) is 1. The van der Waals surface area contributed by atoms with E-state index in [-0.39, 0.29) is 0 Å². The van der Waals surface area contributed by atoms with Crippen LogP contribution in [0.25, 0.3) is 0 Å². The predicted octanol–water partition coefficient (Wildman–Crippen LogP) is -1.25. The third-order valence-corrected chi connectivity index (χ3v) is 1.12. The summed E-state index contributed by atoms with van der Waals surface area (Å²) in [5.41, 5.74) is 0. The second-order valence-corrected chi connectivity index (χ2v) is 2.08. The van der Waals surface area contributed by atoms with Crippen LogP contribution in [-0.4, -0.2) is 41.4 Å². The molecule has 6 nitrogen and oxygen atoms in total. The van der Waals surface area contributed by atoms with Gasteiger partial charge in [-0.05, 0) is 6.92 Å². The first-order valence-corrected chi connectivity index (χ1v) is 3.49. The Morgan fingerprint density at radius 1 is 1.50 bits per heavy atom. The van der Waals surface area contributed by atoms with E-state index in [0.29, 0.717) is 6.54 Å². The van der Waals surface area contributed by atoms with Crippen LogP contribution in [0.5, 0.6) is 0 Å². The maximum atomic E-state index is 10.7. The van der Waals surface area contributed by atoms with Gasteiger partial charge in [0.15, 0.2) is 6.04 Å². The minimum Gasteiger partial charge on any atom is -0.480 e. The largest absolute Gasteiger partial charge is 0.480 e. The number of urea groups is 1. The van der Waals surface area contributed by atoms with Gasteiger partial charge in [-0.3, -0.25) is 0 Å². The summed E-state index contributed by atoms with van der Waals surface area (Å²) in [6, 6.07) is -1.84. The number of amides is 2. The molecule has 0 saturated heterocycles. The zero-order chi connectivity index (χ0) is 9.56. The Balaban J connectivity index is 3.85. The average Bonchev–Trinajstić information content (AvgIpc) is 2.00. The van der Waals surface area contributed by atoms with E-state index in [2.05, 4.69) is 10.6 Å². The molecule has 0 heterocycles. The average molecular weight is 176 g/mol. The molecule has 70 valence electrons. The van der Waals surface area contributed by atoms with Crippen molar-refractivity contribution >= 4 is 12.0 Å². The highest BCUT2D eigenvalue weighted by molar-refractivity contribution is 5.82. The summed E-state index contributed by atoms with van der Waals surface area (Å²) in [6.45, 7) is 1.49. The zero-order valence-electron chi connectivity index (χ0n) is 6.70. The van der Waals surface area contributed by atoms with Crippen molar-refractivity contribution in [1.82, 2.24) is 10.6 Å². The van der Waals surface area contributed by atoms with Crippen LogP contribution >= 0.6 is 0 Å². The van der Waals surface area contributed by atoms with E-state index < -0.39 is 24.6 Å². The van der Waals surface area contributed by atoms with Crippen molar-refractivity contribution in [2.45, 2.75) is 13.0 Å². The summed E-state index contributed by atoms with van der Waals surface area (Å²) >= 11 is 0. The Morgan fingerprint density at radius 3 is 2.42 bits per heavy atom. The molecule has 0 aliphatic rings. The molecule has 0 aliphatic heterocycles. The van der Waals surface area contributed by atoms with Crippen molar-refractivity contribution in [1.29, 1.82) is 0 Å². The van der Waals surface area contributed by atoms with Gasteiger partial charge in [-0.2, -0.15) is 0 Å². The SMILES string of the molecule is CCNC(=O)N[C@H](CO)C(=O)O. The smallest absolute Gasteiger partial charge is 0.328 e. The first kappa shape index (κ1) is 10.7. The number of hydrogen-bond donors (Lipinski definition) is 4. The van der Waals surface area contributed by atoms with Gasteiger partial charge in [0.2, 0.25) is 0 Å². The third kappa shape index (κ3) is 3.77. The van der Waals surface area contributed by atoms with Gasteiger partial charge in [-0.1, -0.05) is 0 Å². The molecule has 0 rings (SSSR count). The zero-order valence-corrected chi connectivity index (χ0v) is 6.70. The molecule has 2 amide bonds. The number of aliphatic carboxylic acids is 1. The van der Waals surface area contributed by atoms with E-state index in [1.54, 1.807) is 6.92 Å². The molecule has 0 spiro atoms. The van der Waals surface area contributed by atoms with Crippen LogP contribution in [-0.2, 0) is 4.79 Å². The number of carboxylic acids is 1. The minimum absolute atomic E-state index is 0.406. The van der Waals surface area contributed by atoms with E-state index in [1.807, 2.05) is 0 Å². The van der Waals surface area contributed by atoms with Crippen LogP contribution in [0.3, 0.4) is 0 Å². The van der Waals surface area contributed by atoms with Gasteiger partial charge in [-0.15, -0.1) is 0 Å². The van der Waals surface area contributed by atoms with E-state index in [9.17, 15) is 9.59 Å². The molecule has 4 N–H and O–H groups in total. The van der Waals surface area contributed by atoms with Crippen molar-refractivity contribution in [3.8, 4) is 0 Å². The lowest BCUT2D eigenvalue weighted by atomic mass is 10.3. The number of nitrogens with one attached hydrogen (secondary N) is 2. The molecule has 0 radical (unpaired) electrons. The van der Waals surface area contributed by atoms with Crippen LogP contribution in [0.15, 0.2) is 0 Å². The summed E-state index contributed by atoms with van der Waals surface area (Å²) in [5.74, 6) is -1.26. The fourth-order valence-corrected chi connectivity index (χ4v) is 0.555. The molecule has 0 aromatic heterocycles. The highest BCUT2D eigenvalue weighted by Gasteiger charge is 2.17. The molecule has 12 heavy (non-hydrogen) atoms. The topological polar surface area (TPSA) is 98.7 Å². The predicted molar refractivity (Wildman–Crippen MR) is 40.7 cm³/mol. The molecular weight excluding hydrogens is 164 g/mol. The number of aliphatic hydroxyl groups is 1. The van der Waals surface area contributed by atoms with Crippen molar-refractivity contribution in [2.75, 3.05) is 13.2 Å². The molecule has 1 atom stereocenters. The molecular formula is C6H12N2O4. The van der Waals surface area contributed by atoms with Crippen LogP contribution in [0, 0.1) is 0 Å². The first-order chi connectivity index (χ1) is 5.61. The van der Waals surface area contributed by atoms with Gasteiger partial charge in [-0.25, -0.2) is 9.59 Å². The van der Waals surface area contributed by atoms with Crippen molar-refractivity contribution < 1.29 is 19.8 Å². The fraction of sp³-hybridized carbons (Fsp3) is 0.667. The maximum absolute atomic E-state index is 10.7. The molecule has 0 aliphatic carbocycles. The van der Waals surface area contributed by atoms with E-state index in [4.69, 9.17) is 10.2 Å². The number of carbonyl (C=O) groups is 2. The Morgan fingerprint density at radius 2 is 2.08 bits per heavy atom. The monoisotopic (exact) mass is 176 g/mol. The van der Waals surface area contributed by atoms with Crippen LogP contribution < -0.4 is 10.6 Å². The van der Waals surface area contributed by atoms with Crippen LogP contribution in [0.2, 0.25) is 0 Å². The van der Waals surface area contributed by atoms with Crippen molar-refractivity contribution in [3.05, 3.63) is 0 Å². The Kier molecular flexibility index (Phi) is 4.78. The molecule has 6 heteroatoms. The molecule has 0 bridgehead atoms. The van der Waals surface area contributed by atoms with Gasteiger partial charge in [0.25, 0.3) is 0 Å². The molecule has 0 aromatic rings. The van der Waals surface area contributed by atoms with Crippen LogP contribution in [0.4, 0.5) is 4.79 Å². The van der Waals surface area contributed by atoms with Gasteiger partial charge < -0.3 is 20.8 Å². The number of aliphatic hydroxyl groups excluding tert-OH is 1. The van der Waals surface area contributed by atoms with Crippen molar-refractivity contribution in [2.24, 2.45) is 0 Å². The molecule has 0 unspecified atom stereocenters. The molecule has 0 fully saturated rings. The Bertz CT molecular complexity index is 171. The lowest BCUT2D eigenvalue weighted by Crippen LogP contribution is -2.47. The lowest BCUT2D eigenvalue weighted by Gasteiger charge is -2.11. The second kappa shape index (κ2) is 5.36. The third-order valence-electron chi connectivity index (χ3n) is 1.12. The van der Waals surface area contributed by atoms with E-state index in [1.165, 1.54) is 0 Å². The highest BCUT2D eigenvalue weighted by atomic mass is 16.4. The summed E-state index contributed by atoms with van der Waals surface area (Å²) in [7, 11) is 0.